The second-order valence-corrected chi connectivity index (χ2v) is 9.27. The van der Waals surface area contributed by atoms with Crippen molar-refractivity contribution < 1.29 is 9.63 Å². The fourth-order valence-corrected chi connectivity index (χ4v) is 4.81. The first kappa shape index (κ1) is 20.8. The molecule has 1 heterocycles. The highest BCUT2D eigenvalue weighted by molar-refractivity contribution is 6.08. The van der Waals surface area contributed by atoms with Crippen molar-refractivity contribution in [3.63, 3.8) is 0 Å². The van der Waals surface area contributed by atoms with Gasteiger partial charge in [0.05, 0.1) is 11.3 Å². The summed E-state index contributed by atoms with van der Waals surface area (Å²) in [6.45, 7) is 2.70. The maximum Gasteiger partial charge on any atom is 0.253 e. The molecule has 5 rings (SSSR count). The van der Waals surface area contributed by atoms with Crippen molar-refractivity contribution >= 4 is 22.5 Å². The van der Waals surface area contributed by atoms with Crippen LogP contribution in [0.25, 0.3) is 10.9 Å². The van der Waals surface area contributed by atoms with Crippen LogP contribution in [-0.2, 0) is 4.84 Å². The Hall–Kier alpha value is -3.08. The number of amides is 1. The lowest BCUT2D eigenvalue weighted by Gasteiger charge is -2.30. The van der Waals surface area contributed by atoms with Crippen molar-refractivity contribution in [1.29, 1.82) is 0 Å². The van der Waals surface area contributed by atoms with Gasteiger partial charge in [-0.15, -0.1) is 0 Å². The number of H-pyrrole nitrogens is 1. The summed E-state index contributed by atoms with van der Waals surface area (Å²) in [6.07, 6.45) is 6.42. The van der Waals surface area contributed by atoms with Gasteiger partial charge in [-0.05, 0) is 63.0 Å². The van der Waals surface area contributed by atoms with Crippen molar-refractivity contribution in [2.24, 2.45) is 17.0 Å². The van der Waals surface area contributed by atoms with Crippen LogP contribution >= 0.6 is 0 Å². The molecule has 0 atom stereocenters. The van der Waals surface area contributed by atoms with Gasteiger partial charge in [0.1, 0.15) is 6.61 Å². The number of hydrogen-bond donors (Lipinski definition) is 2. The number of carbonyl (C=O) groups is 1. The minimum atomic E-state index is 0.0214. The van der Waals surface area contributed by atoms with E-state index >= 15 is 0 Å². The minimum Gasteiger partial charge on any atom is -0.395 e. The largest absolute Gasteiger partial charge is 0.395 e. The van der Waals surface area contributed by atoms with E-state index in [-0.39, 0.29) is 11.9 Å². The Labute approximate surface area is 189 Å². The topological polar surface area (TPSA) is 66.5 Å². The van der Waals surface area contributed by atoms with Gasteiger partial charge >= 0.3 is 0 Å². The molecule has 2 aliphatic rings. The minimum absolute atomic E-state index is 0.0214. The van der Waals surface area contributed by atoms with Crippen LogP contribution < -0.4 is 5.32 Å². The maximum atomic E-state index is 13.1. The molecule has 166 valence electrons. The van der Waals surface area contributed by atoms with Crippen LogP contribution in [0.3, 0.4) is 0 Å². The maximum absolute atomic E-state index is 13.1. The summed E-state index contributed by atoms with van der Waals surface area (Å²) in [6, 6.07) is 18.6. The number of oxime groups is 1. The smallest absolute Gasteiger partial charge is 0.253 e. The van der Waals surface area contributed by atoms with Crippen molar-refractivity contribution in [1.82, 2.24) is 10.3 Å². The summed E-state index contributed by atoms with van der Waals surface area (Å²) in [5.41, 5.74) is 4.90. The Morgan fingerprint density at radius 1 is 1.00 bits per heavy atom. The van der Waals surface area contributed by atoms with E-state index < -0.39 is 0 Å². The standard InChI is InChI=1S/C27H31N3O2/c1-18-25(23-9-5-6-10-24(23)28-18)27(31)29-22-15-13-21(14-16-22)26(20-7-3-2-4-8-20)30-32-17-19-11-12-19/h2-10,19,21-22,28H,11-17H2,1H3,(H,29,31)/b30-26+. The number of hydrogen-bond acceptors (Lipinski definition) is 3. The number of aromatic amines is 1. The Morgan fingerprint density at radius 3 is 2.47 bits per heavy atom. The van der Waals surface area contributed by atoms with Crippen LogP contribution in [-0.4, -0.2) is 29.3 Å². The van der Waals surface area contributed by atoms with Crippen molar-refractivity contribution in [3.8, 4) is 0 Å². The number of nitrogens with one attached hydrogen (secondary N) is 2. The van der Waals surface area contributed by atoms with Crippen LogP contribution in [0, 0.1) is 18.8 Å². The molecular weight excluding hydrogens is 398 g/mol. The zero-order valence-electron chi connectivity index (χ0n) is 18.6. The molecule has 2 fully saturated rings. The molecule has 0 spiro atoms. The third-order valence-electron chi connectivity index (χ3n) is 6.81. The zero-order valence-corrected chi connectivity index (χ0v) is 18.6. The number of fused-ring (bicyclic) bond motifs is 1. The highest BCUT2D eigenvalue weighted by Crippen LogP contribution is 2.31. The highest BCUT2D eigenvalue weighted by Gasteiger charge is 2.29. The van der Waals surface area contributed by atoms with E-state index in [4.69, 9.17) is 4.84 Å². The molecule has 2 N–H and O–H groups in total. The summed E-state index contributed by atoms with van der Waals surface area (Å²) in [7, 11) is 0. The van der Waals surface area contributed by atoms with E-state index in [9.17, 15) is 4.79 Å². The third-order valence-corrected chi connectivity index (χ3v) is 6.81. The van der Waals surface area contributed by atoms with Crippen LogP contribution in [0.1, 0.15) is 60.1 Å². The van der Waals surface area contributed by atoms with Gasteiger partial charge in [-0.2, -0.15) is 0 Å². The summed E-state index contributed by atoms with van der Waals surface area (Å²) in [4.78, 5) is 22.1. The predicted octanol–water partition coefficient (Wildman–Crippen LogP) is 5.60. The van der Waals surface area contributed by atoms with Crippen LogP contribution in [0.2, 0.25) is 0 Å². The second-order valence-electron chi connectivity index (χ2n) is 9.27. The molecule has 2 aromatic carbocycles. The van der Waals surface area contributed by atoms with E-state index in [1.807, 2.05) is 37.3 Å². The van der Waals surface area contributed by atoms with Gasteiger partial charge in [0.25, 0.3) is 5.91 Å². The number of aromatic nitrogens is 1. The number of rotatable bonds is 7. The van der Waals surface area contributed by atoms with Crippen LogP contribution in [0.5, 0.6) is 0 Å². The second kappa shape index (κ2) is 9.19. The van der Waals surface area contributed by atoms with Crippen molar-refractivity contribution in [2.45, 2.75) is 51.5 Å². The fourth-order valence-electron chi connectivity index (χ4n) is 4.81. The van der Waals surface area contributed by atoms with Gasteiger partial charge in [0.15, 0.2) is 0 Å². The highest BCUT2D eigenvalue weighted by atomic mass is 16.6. The van der Waals surface area contributed by atoms with E-state index in [2.05, 4.69) is 39.7 Å². The Balaban J connectivity index is 1.24. The van der Waals surface area contributed by atoms with Crippen molar-refractivity contribution in [2.75, 3.05) is 6.61 Å². The van der Waals surface area contributed by atoms with Crippen LogP contribution in [0.4, 0.5) is 0 Å². The Morgan fingerprint density at radius 2 is 1.72 bits per heavy atom. The fraction of sp³-hybridized carbons (Fsp3) is 0.407. The normalized spacial score (nSPS) is 21.5. The number of benzene rings is 2. The number of para-hydroxylation sites is 1. The molecule has 0 saturated heterocycles. The lowest BCUT2D eigenvalue weighted by Crippen LogP contribution is -2.39. The molecule has 0 radical (unpaired) electrons. The van der Waals surface area contributed by atoms with Gasteiger partial charge < -0.3 is 15.1 Å². The van der Waals surface area contributed by atoms with E-state index in [1.165, 1.54) is 12.8 Å². The van der Waals surface area contributed by atoms with Gasteiger partial charge in [-0.1, -0.05) is 53.7 Å². The number of nitrogens with zero attached hydrogens (tertiary/aromatic N) is 1. The molecule has 1 amide bonds. The molecule has 1 aromatic heterocycles. The van der Waals surface area contributed by atoms with Gasteiger partial charge in [-0.25, -0.2) is 0 Å². The molecule has 32 heavy (non-hydrogen) atoms. The van der Waals surface area contributed by atoms with Crippen LogP contribution in [0.15, 0.2) is 59.8 Å². The third kappa shape index (κ3) is 4.57. The van der Waals surface area contributed by atoms with E-state index in [1.54, 1.807) is 0 Å². The Kier molecular flexibility index (Phi) is 5.97. The monoisotopic (exact) mass is 429 g/mol. The molecule has 0 bridgehead atoms. The molecule has 5 heteroatoms. The molecule has 3 aromatic rings. The van der Waals surface area contributed by atoms with Gasteiger partial charge in [0.2, 0.25) is 0 Å². The zero-order chi connectivity index (χ0) is 21.9. The number of carbonyl (C=O) groups excluding carboxylic acids is 1. The lowest BCUT2D eigenvalue weighted by molar-refractivity contribution is 0.0925. The summed E-state index contributed by atoms with van der Waals surface area (Å²) >= 11 is 0. The molecule has 0 aliphatic heterocycles. The van der Waals surface area contributed by atoms with E-state index in [0.717, 1.165) is 65.7 Å². The SMILES string of the molecule is Cc1[nH]c2ccccc2c1C(=O)NC1CCC(/C(=N/OCC2CC2)c2ccccc2)CC1. The predicted molar refractivity (Wildman–Crippen MR) is 128 cm³/mol. The quantitative estimate of drug-likeness (QED) is 0.379. The molecule has 0 unspecified atom stereocenters. The Bertz CT molecular complexity index is 1110. The summed E-state index contributed by atoms with van der Waals surface area (Å²) < 4.78 is 0. The van der Waals surface area contributed by atoms with Crippen molar-refractivity contribution in [3.05, 3.63) is 71.4 Å². The number of aryl methyl sites for hydroxylation is 1. The van der Waals surface area contributed by atoms with E-state index in [0.29, 0.717) is 11.8 Å². The average molecular weight is 430 g/mol. The first-order chi connectivity index (χ1) is 15.7. The molecular formula is C27H31N3O2. The molecule has 5 nitrogen and oxygen atoms in total. The summed E-state index contributed by atoms with van der Waals surface area (Å²) in [5.74, 6) is 1.07. The first-order valence-corrected chi connectivity index (χ1v) is 11.8. The molecule has 2 aliphatic carbocycles. The first-order valence-electron chi connectivity index (χ1n) is 11.8. The van der Waals surface area contributed by atoms with Gasteiger partial charge in [-0.3, -0.25) is 4.79 Å². The van der Waals surface area contributed by atoms with Gasteiger partial charge in [0, 0.05) is 28.6 Å². The summed E-state index contributed by atoms with van der Waals surface area (Å²) in [5, 5.41) is 8.87. The molecule has 2 saturated carbocycles. The lowest BCUT2D eigenvalue weighted by atomic mass is 9.81. The average Bonchev–Trinajstić information content (AvgIpc) is 3.57.